The predicted molar refractivity (Wildman–Crippen MR) is 109 cm³/mol. The van der Waals surface area contributed by atoms with Gasteiger partial charge < -0.3 is 19.7 Å². The van der Waals surface area contributed by atoms with Crippen LogP contribution in [0.1, 0.15) is 19.8 Å². The molecule has 1 N–H and O–H groups in total. The van der Waals surface area contributed by atoms with Crippen LogP contribution in [-0.4, -0.2) is 52.7 Å². The van der Waals surface area contributed by atoms with E-state index < -0.39 is 11.1 Å². The number of hydrogen-bond acceptors (Lipinski definition) is 7. The van der Waals surface area contributed by atoms with Gasteiger partial charge in [-0.15, -0.1) is 5.10 Å². The molecule has 1 aromatic heterocycles. The van der Waals surface area contributed by atoms with Crippen LogP contribution in [0.25, 0.3) is 0 Å². The number of amides is 1. The van der Waals surface area contributed by atoms with Gasteiger partial charge in [-0.2, -0.15) is 0 Å². The molecule has 10 heteroatoms. The Kier molecular flexibility index (Phi) is 5.84. The smallest absolute Gasteiger partial charge is 0.333 e. The highest BCUT2D eigenvalue weighted by atomic mass is 16.5. The standard InChI is InChI=1S/C20H25N5O5/c1-2-29-15-7-5-14(6-8-15)23-9-10-24-18(27)19(28)25(22-20(23)24)13-17(26)21-12-16-4-3-11-30-16/h5-8,16H,2-4,9-13H2,1H3,(H,21,26). The van der Waals surface area contributed by atoms with Crippen LogP contribution in [0, 0.1) is 0 Å². The molecule has 0 bridgehead atoms. The number of benzene rings is 1. The zero-order valence-corrected chi connectivity index (χ0v) is 16.9. The first-order valence-electron chi connectivity index (χ1n) is 10.2. The number of carbonyl (C=O) groups is 1. The fourth-order valence-electron chi connectivity index (χ4n) is 3.69. The van der Waals surface area contributed by atoms with E-state index >= 15 is 0 Å². The molecule has 1 atom stereocenters. The van der Waals surface area contributed by atoms with E-state index in [1.807, 2.05) is 36.1 Å². The van der Waals surface area contributed by atoms with E-state index in [9.17, 15) is 14.4 Å². The van der Waals surface area contributed by atoms with E-state index in [-0.39, 0.29) is 18.6 Å². The molecule has 0 spiro atoms. The van der Waals surface area contributed by atoms with E-state index in [0.717, 1.165) is 29.0 Å². The Bertz CT molecular complexity index is 1020. The molecule has 10 nitrogen and oxygen atoms in total. The number of nitrogens with zero attached hydrogens (tertiary/aromatic N) is 4. The van der Waals surface area contributed by atoms with E-state index in [2.05, 4.69) is 10.4 Å². The average molecular weight is 415 g/mol. The lowest BCUT2D eigenvalue weighted by Crippen LogP contribution is -2.45. The number of ether oxygens (including phenoxy) is 2. The molecule has 4 rings (SSSR count). The molecule has 0 radical (unpaired) electrons. The number of rotatable bonds is 7. The Morgan fingerprint density at radius 1 is 1.23 bits per heavy atom. The summed E-state index contributed by atoms with van der Waals surface area (Å²) in [7, 11) is 0. The lowest BCUT2D eigenvalue weighted by molar-refractivity contribution is -0.122. The third-order valence-corrected chi connectivity index (χ3v) is 5.21. The molecule has 1 unspecified atom stereocenters. The topological polar surface area (TPSA) is 108 Å². The third-order valence-electron chi connectivity index (χ3n) is 5.21. The maximum atomic E-state index is 12.5. The molecule has 2 aromatic rings. The maximum Gasteiger partial charge on any atom is 0.333 e. The van der Waals surface area contributed by atoms with Gasteiger partial charge in [0.1, 0.15) is 12.3 Å². The SMILES string of the molecule is CCOc1ccc(N2CCn3c2nn(CC(=O)NCC2CCCO2)c(=O)c3=O)cc1. The quantitative estimate of drug-likeness (QED) is 0.646. The third kappa shape index (κ3) is 4.09. The summed E-state index contributed by atoms with van der Waals surface area (Å²) >= 11 is 0. The van der Waals surface area contributed by atoms with Gasteiger partial charge >= 0.3 is 11.1 Å². The van der Waals surface area contributed by atoms with Crippen LogP contribution in [0.4, 0.5) is 11.6 Å². The van der Waals surface area contributed by atoms with Crippen LogP contribution >= 0.6 is 0 Å². The highest BCUT2D eigenvalue weighted by Gasteiger charge is 2.26. The number of anilines is 2. The van der Waals surface area contributed by atoms with Crippen LogP contribution in [0.15, 0.2) is 33.9 Å². The lowest BCUT2D eigenvalue weighted by Gasteiger charge is -2.18. The van der Waals surface area contributed by atoms with E-state index in [1.165, 1.54) is 4.57 Å². The normalized spacial score (nSPS) is 17.8. The van der Waals surface area contributed by atoms with Gasteiger partial charge in [0.2, 0.25) is 11.9 Å². The Morgan fingerprint density at radius 2 is 2.03 bits per heavy atom. The van der Waals surface area contributed by atoms with Crippen molar-refractivity contribution in [3.8, 4) is 5.75 Å². The summed E-state index contributed by atoms with van der Waals surface area (Å²) < 4.78 is 13.2. The molecule has 2 aliphatic heterocycles. The zero-order chi connectivity index (χ0) is 21.1. The Labute approximate surface area is 173 Å². The van der Waals surface area contributed by atoms with Crippen molar-refractivity contribution >= 4 is 17.5 Å². The van der Waals surface area contributed by atoms with Gasteiger partial charge in [0.15, 0.2) is 0 Å². The van der Waals surface area contributed by atoms with Crippen molar-refractivity contribution in [3.63, 3.8) is 0 Å². The van der Waals surface area contributed by atoms with Gasteiger partial charge in [0.25, 0.3) is 0 Å². The molecule has 2 aliphatic rings. The second kappa shape index (κ2) is 8.70. The van der Waals surface area contributed by atoms with Crippen LogP contribution in [-0.2, 0) is 22.6 Å². The molecule has 0 saturated carbocycles. The molecular weight excluding hydrogens is 390 g/mol. The monoisotopic (exact) mass is 415 g/mol. The molecule has 3 heterocycles. The molecular formula is C20H25N5O5. The summed E-state index contributed by atoms with van der Waals surface area (Å²) in [6, 6.07) is 7.43. The number of fused-ring (bicyclic) bond motifs is 1. The second-order valence-corrected chi connectivity index (χ2v) is 7.24. The van der Waals surface area contributed by atoms with Gasteiger partial charge in [-0.05, 0) is 44.0 Å². The van der Waals surface area contributed by atoms with Crippen molar-refractivity contribution in [2.75, 3.05) is 31.2 Å². The van der Waals surface area contributed by atoms with Gasteiger partial charge in [-0.3, -0.25) is 19.0 Å². The molecule has 1 saturated heterocycles. The first-order chi connectivity index (χ1) is 14.6. The first kappa shape index (κ1) is 20.1. The lowest BCUT2D eigenvalue weighted by atomic mass is 10.2. The largest absolute Gasteiger partial charge is 0.494 e. The fourth-order valence-corrected chi connectivity index (χ4v) is 3.69. The summed E-state index contributed by atoms with van der Waals surface area (Å²) in [5, 5.41) is 7.07. The minimum absolute atomic E-state index is 0.000530. The Balaban J connectivity index is 1.53. The van der Waals surface area contributed by atoms with Crippen molar-refractivity contribution in [2.45, 2.75) is 39.0 Å². The number of hydrogen-bond donors (Lipinski definition) is 1. The predicted octanol–water partition coefficient (Wildman–Crippen LogP) is 0.251. The maximum absolute atomic E-state index is 12.5. The molecule has 160 valence electrons. The van der Waals surface area contributed by atoms with Gasteiger partial charge in [0, 0.05) is 31.9 Å². The average Bonchev–Trinajstić information content (AvgIpc) is 3.41. The van der Waals surface area contributed by atoms with Gasteiger partial charge in [-0.1, -0.05) is 0 Å². The van der Waals surface area contributed by atoms with E-state index in [0.29, 0.717) is 38.8 Å². The van der Waals surface area contributed by atoms with Crippen LogP contribution in [0.3, 0.4) is 0 Å². The summed E-state index contributed by atoms with van der Waals surface area (Å²) in [4.78, 5) is 39.1. The fraction of sp³-hybridized carbons (Fsp3) is 0.500. The minimum Gasteiger partial charge on any atom is -0.494 e. The molecule has 0 aliphatic carbocycles. The van der Waals surface area contributed by atoms with Crippen molar-refractivity contribution in [2.24, 2.45) is 0 Å². The molecule has 1 fully saturated rings. The Morgan fingerprint density at radius 3 is 2.73 bits per heavy atom. The Hall–Kier alpha value is -3.14. The summed E-state index contributed by atoms with van der Waals surface area (Å²) in [6.45, 7) is 4.12. The van der Waals surface area contributed by atoms with Crippen LogP contribution in [0.2, 0.25) is 0 Å². The zero-order valence-electron chi connectivity index (χ0n) is 16.9. The molecule has 1 aromatic carbocycles. The van der Waals surface area contributed by atoms with Gasteiger partial charge in [-0.25, -0.2) is 4.68 Å². The van der Waals surface area contributed by atoms with Crippen molar-refractivity contribution in [3.05, 3.63) is 45.0 Å². The second-order valence-electron chi connectivity index (χ2n) is 7.24. The minimum atomic E-state index is -0.806. The van der Waals surface area contributed by atoms with Gasteiger partial charge in [0.05, 0.1) is 12.7 Å². The van der Waals surface area contributed by atoms with E-state index in [4.69, 9.17) is 9.47 Å². The summed E-state index contributed by atoms with van der Waals surface area (Å²) in [5.41, 5.74) is -0.662. The highest BCUT2D eigenvalue weighted by Crippen LogP contribution is 2.28. The van der Waals surface area contributed by atoms with Crippen molar-refractivity contribution in [1.82, 2.24) is 19.7 Å². The molecule has 30 heavy (non-hydrogen) atoms. The summed E-state index contributed by atoms with van der Waals surface area (Å²) in [6.07, 6.45) is 1.87. The first-order valence-corrected chi connectivity index (χ1v) is 10.2. The van der Waals surface area contributed by atoms with Crippen molar-refractivity contribution in [1.29, 1.82) is 0 Å². The van der Waals surface area contributed by atoms with E-state index in [1.54, 1.807) is 0 Å². The number of aromatic nitrogens is 3. The molecule has 1 amide bonds. The number of nitrogens with one attached hydrogen (secondary N) is 1. The van der Waals surface area contributed by atoms with Crippen LogP contribution in [0.5, 0.6) is 5.75 Å². The summed E-state index contributed by atoms with van der Waals surface area (Å²) in [5.74, 6) is 0.712. The highest BCUT2D eigenvalue weighted by molar-refractivity contribution is 5.75. The van der Waals surface area contributed by atoms with Crippen LogP contribution < -0.4 is 26.1 Å². The number of carbonyl (C=O) groups excluding carboxylic acids is 1. The van der Waals surface area contributed by atoms with Crippen molar-refractivity contribution < 1.29 is 14.3 Å².